The van der Waals surface area contributed by atoms with Crippen LogP contribution in [0.5, 0.6) is 0 Å². The number of benzene rings is 1. The molecule has 6 heteroatoms. The van der Waals surface area contributed by atoms with Crippen molar-refractivity contribution in [1.82, 2.24) is 0 Å². The maximum atomic E-state index is 10.0. The molecule has 0 fully saturated rings. The number of hydrogen-bond acceptors (Lipinski definition) is 4. The normalized spacial score (nSPS) is 6.62. The molecular formula is C7H6Na2O3S. The fraction of sp³-hybridized carbons (Fsp3) is 0. The van der Waals surface area contributed by atoms with E-state index in [1.165, 1.54) is 0 Å². The van der Waals surface area contributed by atoms with E-state index in [1.807, 2.05) is 18.2 Å². The molecule has 0 amide bonds. The molecule has 60 valence electrons. The van der Waals surface area contributed by atoms with Crippen LogP contribution in [0.3, 0.4) is 0 Å². The van der Waals surface area contributed by atoms with Gasteiger partial charge in [-0.05, 0) is 0 Å². The molecule has 0 N–H and O–H groups in total. The topological polar surface area (TPSA) is 63.2 Å². The van der Waals surface area contributed by atoms with Crippen molar-refractivity contribution in [2.45, 2.75) is 0 Å². The zero-order valence-corrected chi connectivity index (χ0v) is 12.4. The predicted molar refractivity (Wildman–Crippen MR) is 41.0 cm³/mol. The Morgan fingerprint density at radius 3 is 1.69 bits per heavy atom. The molecule has 0 aromatic heterocycles. The van der Waals surface area contributed by atoms with Crippen LogP contribution in [0.15, 0.2) is 30.3 Å². The van der Waals surface area contributed by atoms with Crippen LogP contribution in [0.2, 0.25) is 0 Å². The summed E-state index contributed by atoms with van der Waals surface area (Å²) in [5, 5.41) is 0. The van der Waals surface area contributed by atoms with E-state index in [2.05, 4.69) is 0 Å². The maximum absolute atomic E-state index is 10.0. The van der Waals surface area contributed by atoms with Crippen molar-refractivity contribution in [1.29, 1.82) is 0 Å². The average Bonchev–Trinajstić information content (AvgIpc) is 2.08. The molecule has 0 unspecified atom stereocenters. The summed E-state index contributed by atoms with van der Waals surface area (Å²) in [7, 11) is 0. The smallest absolute Gasteiger partial charge is 0.811 e. The van der Waals surface area contributed by atoms with Crippen molar-refractivity contribution in [2.75, 3.05) is 0 Å². The van der Waals surface area contributed by atoms with Crippen LogP contribution in [0.1, 0.15) is 10.4 Å². The van der Waals surface area contributed by atoms with Gasteiger partial charge in [-0.15, -0.1) is 0 Å². The van der Waals surface area contributed by atoms with Gasteiger partial charge in [-0.1, -0.05) is 30.3 Å². The minimum absolute atomic E-state index is 0. The standard InChI is InChI=1S/C7H6O.2Na.H2O2S/c8-6-7-4-2-1-3-5-7;;;1-3-2/h1-6H;;;1-2H/q;2*+1;/p-2. The minimum Gasteiger partial charge on any atom is -0.811 e. The van der Waals surface area contributed by atoms with E-state index in [4.69, 9.17) is 9.11 Å². The molecule has 0 saturated carbocycles. The van der Waals surface area contributed by atoms with Crippen LogP contribution in [0.4, 0.5) is 0 Å². The molecule has 0 aliphatic carbocycles. The Kier molecular flexibility index (Phi) is 23.7. The molecule has 1 rings (SSSR count). The molecule has 3 nitrogen and oxygen atoms in total. The van der Waals surface area contributed by atoms with Gasteiger partial charge in [0.2, 0.25) is 0 Å². The van der Waals surface area contributed by atoms with Crippen molar-refractivity contribution in [2.24, 2.45) is 0 Å². The van der Waals surface area contributed by atoms with E-state index in [9.17, 15) is 4.79 Å². The molecule has 0 heterocycles. The first-order valence-corrected chi connectivity index (χ1v) is 3.44. The van der Waals surface area contributed by atoms with E-state index < -0.39 is 12.3 Å². The van der Waals surface area contributed by atoms with Gasteiger partial charge in [-0.25, -0.2) is 0 Å². The first-order valence-electron chi connectivity index (χ1n) is 2.77. The Balaban J connectivity index is -0.000000180. The van der Waals surface area contributed by atoms with Gasteiger partial charge in [-0.3, -0.25) is 4.79 Å². The van der Waals surface area contributed by atoms with Gasteiger partial charge < -0.3 is 21.4 Å². The summed E-state index contributed by atoms with van der Waals surface area (Å²) in [5.41, 5.74) is 0.729. The monoisotopic (exact) mass is 216 g/mol. The van der Waals surface area contributed by atoms with Crippen molar-refractivity contribution >= 4 is 18.6 Å². The Labute approximate surface area is 126 Å². The molecule has 1 aromatic rings. The van der Waals surface area contributed by atoms with Crippen molar-refractivity contribution in [3.8, 4) is 0 Å². The molecule has 0 aliphatic rings. The van der Waals surface area contributed by atoms with Gasteiger partial charge in [0, 0.05) is 5.56 Å². The molecular weight excluding hydrogens is 210 g/mol. The first-order chi connectivity index (χ1) is 5.35. The zero-order chi connectivity index (χ0) is 8.53. The van der Waals surface area contributed by atoms with Gasteiger partial charge >= 0.3 is 59.1 Å². The predicted octanol–water partition coefficient (Wildman–Crippen LogP) is -4.51. The summed E-state index contributed by atoms with van der Waals surface area (Å²) >= 11 is -0.750. The summed E-state index contributed by atoms with van der Waals surface area (Å²) in [6.07, 6.45) is 0.833. The van der Waals surface area contributed by atoms with E-state index >= 15 is 0 Å². The largest absolute Gasteiger partial charge is 1.00 e. The van der Waals surface area contributed by atoms with E-state index in [-0.39, 0.29) is 59.1 Å². The molecule has 0 spiro atoms. The number of rotatable bonds is 1. The van der Waals surface area contributed by atoms with Crippen LogP contribution in [0, 0.1) is 0 Å². The molecule has 0 bridgehead atoms. The average molecular weight is 216 g/mol. The molecule has 13 heavy (non-hydrogen) atoms. The fourth-order valence-corrected chi connectivity index (χ4v) is 0.532. The first kappa shape index (κ1) is 19.7. The second kappa shape index (κ2) is 15.6. The van der Waals surface area contributed by atoms with Crippen LogP contribution >= 0.6 is 12.3 Å². The van der Waals surface area contributed by atoms with Crippen LogP contribution in [-0.2, 0) is 0 Å². The third kappa shape index (κ3) is 13.2. The van der Waals surface area contributed by atoms with Crippen LogP contribution in [-0.4, -0.2) is 15.4 Å². The molecule has 1 aromatic carbocycles. The van der Waals surface area contributed by atoms with Gasteiger partial charge in [0.05, 0.1) is 0 Å². The van der Waals surface area contributed by atoms with Crippen molar-refractivity contribution < 1.29 is 73.0 Å². The second-order valence-corrected chi connectivity index (χ2v) is 1.73. The van der Waals surface area contributed by atoms with E-state index in [0.717, 1.165) is 11.8 Å². The summed E-state index contributed by atoms with van der Waals surface area (Å²) < 4.78 is 16.6. The number of carbonyl (C=O) groups excluding carboxylic acids is 1. The molecule has 0 saturated heterocycles. The Hall–Kier alpha value is 1.16. The van der Waals surface area contributed by atoms with Gasteiger partial charge in [0.1, 0.15) is 6.29 Å². The third-order valence-electron chi connectivity index (χ3n) is 0.936. The van der Waals surface area contributed by atoms with Gasteiger partial charge in [-0.2, -0.15) is 0 Å². The van der Waals surface area contributed by atoms with Gasteiger partial charge in [0.25, 0.3) is 0 Å². The number of hydrogen-bond donors (Lipinski definition) is 0. The number of carbonyl (C=O) groups is 1. The summed E-state index contributed by atoms with van der Waals surface area (Å²) in [6.45, 7) is 0. The molecule has 0 radical (unpaired) electrons. The van der Waals surface area contributed by atoms with Crippen molar-refractivity contribution in [3.05, 3.63) is 35.9 Å². The summed E-state index contributed by atoms with van der Waals surface area (Å²) in [4.78, 5) is 10.0. The Bertz CT molecular complexity index is 196. The summed E-state index contributed by atoms with van der Waals surface area (Å²) in [6, 6.07) is 9.10. The minimum atomic E-state index is -0.750. The Morgan fingerprint density at radius 1 is 1.08 bits per heavy atom. The zero-order valence-electron chi connectivity index (χ0n) is 7.60. The molecule has 0 aliphatic heterocycles. The SMILES string of the molecule is O=Cc1ccccc1.[Na+].[Na+].[O-]S[O-]. The van der Waals surface area contributed by atoms with Crippen LogP contribution < -0.4 is 59.1 Å². The fourth-order valence-electron chi connectivity index (χ4n) is 0.532. The third-order valence-corrected chi connectivity index (χ3v) is 0.936. The Morgan fingerprint density at radius 2 is 1.46 bits per heavy atom. The van der Waals surface area contributed by atoms with Crippen LogP contribution in [0.25, 0.3) is 0 Å². The quantitative estimate of drug-likeness (QED) is 0.269. The van der Waals surface area contributed by atoms with Gasteiger partial charge in [0.15, 0.2) is 0 Å². The molecule has 0 atom stereocenters. The van der Waals surface area contributed by atoms with Crippen molar-refractivity contribution in [3.63, 3.8) is 0 Å². The van der Waals surface area contributed by atoms with E-state index in [1.54, 1.807) is 12.1 Å². The summed E-state index contributed by atoms with van der Waals surface area (Å²) in [5.74, 6) is 0. The maximum Gasteiger partial charge on any atom is 1.00 e. The second-order valence-electron chi connectivity index (χ2n) is 1.60. The van der Waals surface area contributed by atoms with E-state index in [0.29, 0.717) is 0 Å². The number of aldehydes is 1.